The van der Waals surface area contributed by atoms with Crippen molar-refractivity contribution >= 4 is 49.9 Å². The van der Waals surface area contributed by atoms with Crippen molar-refractivity contribution in [2.75, 3.05) is 0 Å². The number of benzene rings is 4. The highest BCUT2D eigenvalue weighted by Crippen LogP contribution is 2.32. The second-order valence-electron chi connectivity index (χ2n) is 6.70. The number of carbonyl (C=O) groups is 1. The summed E-state index contributed by atoms with van der Waals surface area (Å²) in [5.41, 5.74) is 0.670. The van der Waals surface area contributed by atoms with Crippen LogP contribution in [0.15, 0.2) is 83.8 Å². The standard InChI is InChI=1S/C23H14Cl2O5S/c24-16-7-10-21(25)20(12-16)23(26)14-5-8-17(9-6-14)30-18-11-15-3-1-2-4-19(15)22(13-18)31(27,28)29/h1-13H,(H,27,28,29). The van der Waals surface area contributed by atoms with Gasteiger partial charge in [-0.2, -0.15) is 8.42 Å². The van der Waals surface area contributed by atoms with Gasteiger partial charge < -0.3 is 4.74 Å². The number of hydrogen-bond acceptors (Lipinski definition) is 4. The van der Waals surface area contributed by atoms with Gasteiger partial charge in [-0.15, -0.1) is 0 Å². The summed E-state index contributed by atoms with van der Waals surface area (Å²) in [6, 6.07) is 20.6. The molecule has 4 aromatic carbocycles. The molecular formula is C23H14Cl2O5S. The van der Waals surface area contributed by atoms with E-state index in [2.05, 4.69) is 0 Å². The van der Waals surface area contributed by atoms with E-state index >= 15 is 0 Å². The van der Waals surface area contributed by atoms with Gasteiger partial charge in [0.2, 0.25) is 0 Å². The maximum absolute atomic E-state index is 12.7. The van der Waals surface area contributed by atoms with E-state index in [9.17, 15) is 17.8 Å². The molecule has 0 bridgehead atoms. The minimum atomic E-state index is -4.45. The molecule has 31 heavy (non-hydrogen) atoms. The van der Waals surface area contributed by atoms with E-state index in [0.29, 0.717) is 32.1 Å². The molecule has 0 fully saturated rings. The average molecular weight is 473 g/mol. The first-order valence-electron chi connectivity index (χ1n) is 9.00. The van der Waals surface area contributed by atoms with Crippen LogP contribution in [0.1, 0.15) is 15.9 Å². The maximum Gasteiger partial charge on any atom is 0.295 e. The number of ether oxygens (including phenoxy) is 1. The smallest absolute Gasteiger partial charge is 0.295 e. The second kappa shape index (κ2) is 8.32. The summed E-state index contributed by atoms with van der Waals surface area (Å²) >= 11 is 12.1. The van der Waals surface area contributed by atoms with Gasteiger partial charge in [-0.05, 0) is 53.9 Å². The summed E-state index contributed by atoms with van der Waals surface area (Å²) in [6.07, 6.45) is 0. The first kappa shape index (κ1) is 21.3. The van der Waals surface area contributed by atoms with Gasteiger partial charge in [-0.25, -0.2) is 0 Å². The number of ketones is 1. The van der Waals surface area contributed by atoms with Gasteiger partial charge in [-0.1, -0.05) is 47.5 Å². The van der Waals surface area contributed by atoms with Gasteiger partial charge in [0.15, 0.2) is 5.78 Å². The third-order valence-corrected chi connectivity index (χ3v) is 6.06. The Balaban J connectivity index is 1.65. The van der Waals surface area contributed by atoms with Crippen LogP contribution in [-0.2, 0) is 10.1 Å². The van der Waals surface area contributed by atoms with Crippen molar-refractivity contribution < 1.29 is 22.5 Å². The quantitative estimate of drug-likeness (QED) is 0.267. The van der Waals surface area contributed by atoms with Gasteiger partial charge in [0.05, 0.1) is 5.02 Å². The van der Waals surface area contributed by atoms with Crippen LogP contribution in [0.5, 0.6) is 11.5 Å². The Morgan fingerprint density at radius 2 is 1.55 bits per heavy atom. The van der Waals surface area contributed by atoms with Crippen molar-refractivity contribution in [1.29, 1.82) is 0 Å². The molecule has 0 atom stereocenters. The number of rotatable bonds is 5. The molecule has 0 aromatic heterocycles. The SMILES string of the molecule is O=C(c1ccc(Oc2cc(S(=O)(=O)O)c3ccccc3c2)cc1)c1cc(Cl)ccc1Cl. The van der Waals surface area contributed by atoms with Gasteiger partial charge in [-0.3, -0.25) is 9.35 Å². The Morgan fingerprint density at radius 3 is 2.26 bits per heavy atom. The summed E-state index contributed by atoms with van der Waals surface area (Å²) in [5, 5.41) is 1.67. The Bertz CT molecular complexity index is 1410. The number of fused-ring (bicyclic) bond motifs is 1. The van der Waals surface area contributed by atoms with Crippen LogP contribution >= 0.6 is 23.2 Å². The Morgan fingerprint density at radius 1 is 0.839 bits per heavy atom. The minimum absolute atomic E-state index is 0.225. The Labute approximate surface area is 188 Å². The topological polar surface area (TPSA) is 80.7 Å². The number of carbonyl (C=O) groups excluding carboxylic acids is 1. The van der Waals surface area contributed by atoms with Crippen molar-refractivity contribution in [3.8, 4) is 11.5 Å². The summed E-state index contributed by atoms with van der Waals surface area (Å²) < 4.78 is 39.0. The Hall–Kier alpha value is -2.90. The zero-order valence-corrected chi connectivity index (χ0v) is 18.1. The summed E-state index contributed by atoms with van der Waals surface area (Å²) in [4.78, 5) is 12.5. The fourth-order valence-corrected chi connectivity index (χ4v) is 4.26. The van der Waals surface area contributed by atoms with E-state index in [-0.39, 0.29) is 22.0 Å². The van der Waals surface area contributed by atoms with Crippen LogP contribution in [0.2, 0.25) is 10.0 Å². The van der Waals surface area contributed by atoms with Crippen LogP contribution in [0.4, 0.5) is 0 Å². The van der Waals surface area contributed by atoms with E-state index in [1.807, 2.05) is 0 Å². The van der Waals surface area contributed by atoms with Crippen molar-refractivity contribution in [2.24, 2.45) is 0 Å². The third kappa shape index (κ3) is 4.57. The third-order valence-electron chi connectivity index (χ3n) is 4.60. The van der Waals surface area contributed by atoms with Crippen LogP contribution in [-0.4, -0.2) is 18.8 Å². The highest BCUT2D eigenvalue weighted by molar-refractivity contribution is 7.86. The molecule has 0 amide bonds. The first-order chi connectivity index (χ1) is 14.7. The van der Waals surface area contributed by atoms with Crippen molar-refractivity contribution in [3.05, 3.63) is 100 Å². The van der Waals surface area contributed by atoms with Crippen molar-refractivity contribution in [3.63, 3.8) is 0 Å². The minimum Gasteiger partial charge on any atom is -0.457 e. The molecule has 5 nitrogen and oxygen atoms in total. The zero-order valence-electron chi connectivity index (χ0n) is 15.7. The maximum atomic E-state index is 12.7. The largest absolute Gasteiger partial charge is 0.457 e. The molecule has 0 aliphatic rings. The fourth-order valence-electron chi connectivity index (χ4n) is 3.16. The molecule has 156 valence electrons. The number of hydrogen-bond donors (Lipinski definition) is 1. The van der Waals surface area contributed by atoms with E-state index in [1.54, 1.807) is 66.7 Å². The van der Waals surface area contributed by atoms with E-state index in [1.165, 1.54) is 12.1 Å². The van der Waals surface area contributed by atoms with Gasteiger partial charge in [0.1, 0.15) is 16.4 Å². The predicted molar refractivity (Wildman–Crippen MR) is 120 cm³/mol. The summed E-state index contributed by atoms with van der Waals surface area (Å²) in [7, 11) is -4.45. The Kier molecular flexibility index (Phi) is 5.73. The molecule has 8 heteroatoms. The number of halogens is 2. The first-order valence-corrected chi connectivity index (χ1v) is 11.2. The molecule has 4 aromatic rings. The molecule has 0 heterocycles. The summed E-state index contributed by atoms with van der Waals surface area (Å²) in [5.74, 6) is 0.312. The normalized spacial score (nSPS) is 11.5. The highest BCUT2D eigenvalue weighted by Gasteiger charge is 2.17. The fraction of sp³-hybridized carbons (Fsp3) is 0. The molecular weight excluding hydrogens is 459 g/mol. The lowest BCUT2D eigenvalue weighted by atomic mass is 10.0. The molecule has 0 aliphatic heterocycles. The molecule has 1 N–H and O–H groups in total. The van der Waals surface area contributed by atoms with Gasteiger partial charge in [0, 0.05) is 27.6 Å². The molecule has 0 radical (unpaired) electrons. The van der Waals surface area contributed by atoms with Crippen LogP contribution in [0.3, 0.4) is 0 Å². The van der Waals surface area contributed by atoms with Crippen LogP contribution in [0.25, 0.3) is 10.8 Å². The molecule has 0 saturated heterocycles. The van der Waals surface area contributed by atoms with E-state index in [0.717, 1.165) is 0 Å². The monoisotopic (exact) mass is 472 g/mol. The van der Waals surface area contributed by atoms with E-state index < -0.39 is 10.1 Å². The lowest BCUT2D eigenvalue weighted by Gasteiger charge is -2.11. The van der Waals surface area contributed by atoms with Crippen molar-refractivity contribution in [1.82, 2.24) is 0 Å². The molecule has 0 aliphatic carbocycles. The molecule has 0 spiro atoms. The van der Waals surface area contributed by atoms with Crippen LogP contribution in [0, 0.1) is 0 Å². The predicted octanol–water partition coefficient (Wildman–Crippen LogP) is 6.42. The van der Waals surface area contributed by atoms with Gasteiger partial charge in [0.25, 0.3) is 10.1 Å². The lowest BCUT2D eigenvalue weighted by molar-refractivity contribution is 0.103. The lowest BCUT2D eigenvalue weighted by Crippen LogP contribution is -2.02. The van der Waals surface area contributed by atoms with E-state index in [4.69, 9.17) is 27.9 Å². The van der Waals surface area contributed by atoms with Crippen LogP contribution < -0.4 is 4.74 Å². The highest BCUT2D eigenvalue weighted by atomic mass is 35.5. The molecule has 0 unspecified atom stereocenters. The second-order valence-corrected chi connectivity index (χ2v) is 8.93. The average Bonchev–Trinajstić information content (AvgIpc) is 2.74. The summed E-state index contributed by atoms with van der Waals surface area (Å²) in [6.45, 7) is 0. The zero-order chi connectivity index (χ0) is 22.2. The van der Waals surface area contributed by atoms with Crippen molar-refractivity contribution in [2.45, 2.75) is 4.90 Å². The molecule has 4 rings (SSSR count). The molecule has 0 saturated carbocycles. The van der Waals surface area contributed by atoms with Gasteiger partial charge >= 0.3 is 0 Å².